The number of hydrogen-bond donors (Lipinski definition) is 2. The molecule has 2 aromatic rings. The van der Waals surface area contributed by atoms with Gasteiger partial charge in [0.15, 0.2) is 11.5 Å². The van der Waals surface area contributed by atoms with Crippen LogP contribution in [0.25, 0.3) is 0 Å². The second-order valence-electron chi connectivity index (χ2n) is 9.44. The lowest BCUT2D eigenvalue weighted by atomic mass is 9.95. The number of carbonyl (C=O) groups is 6. The second kappa shape index (κ2) is 11.4. The molecule has 2 amide bonds. The molecule has 210 valence electrons. The Bertz CT molecular complexity index is 1380. The summed E-state index contributed by atoms with van der Waals surface area (Å²) in [7, 11) is 0. The van der Waals surface area contributed by atoms with Gasteiger partial charge in [-0.25, -0.2) is 9.59 Å². The van der Waals surface area contributed by atoms with E-state index in [1.807, 2.05) is 6.07 Å². The number of carboxylic acid groups (broad SMARTS) is 1. The van der Waals surface area contributed by atoms with Crippen LogP contribution in [0, 0.1) is 0 Å². The molecule has 2 aliphatic heterocycles. The van der Waals surface area contributed by atoms with E-state index in [-0.39, 0.29) is 36.0 Å². The third-order valence-electron chi connectivity index (χ3n) is 6.26. The highest BCUT2D eigenvalue weighted by molar-refractivity contribution is 8.01. The first-order valence-electron chi connectivity index (χ1n) is 12.1. The highest BCUT2D eigenvalue weighted by Crippen LogP contribution is 2.51. The Balaban J connectivity index is 1.45. The van der Waals surface area contributed by atoms with E-state index >= 15 is 0 Å². The summed E-state index contributed by atoms with van der Waals surface area (Å²) in [6, 6.07) is 10.5. The first-order valence-corrected chi connectivity index (χ1v) is 13.0. The molecule has 3 unspecified atom stereocenters. The van der Waals surface area contributed by atoms with E-state index in [2.05, 4.69) is 5.32 Å². The van der Waals surface area contributed by atoms with Gasteiger partial charge in [0.05, 0.1) is 16.7 Å². The maximum absolute atomic E-state index is 12.9. The van der Waals surface area contributed by atoms with Crippen LogP contribution in [0.15, 0.2) is 48.5 Å². The molecule has 2 aromatic carbocycles. The molecule has 0 radical (unpaired) electrons. The number of esters is 3. The molecule has 2 heterocycles. The number of rotatable bonds is 9. The van der Waals surface area contributed by atoms with E-state index in [1.165, 1.54) is 17.0 Å². The van der Waals surface area contributed by atoms with Crippen LogP contribution in [-0.4, -0.2) is 74.5 Å². The van der Waals surface area contributed by atoms with E-state index in [0.29, 0.717) is 0 Å². The summed E-state index contributed by atoms with van der Waals surface area (Å²) in [6.07, 6.45) is 0.0603. The number of ether oxygens (including phenoxy) is 3. The van der Waals surface area contributed by atoms with E-state index in [1.54, 1.807) is 31.2 Å². The number of fused-ring (bicyclic) bond motifs is 1. The minimum Gasteiger partial charge on any atom is -0.480 e. The molecule has 4 atom stereocenters. The van der Waals surface area contributed by atoms with Crippen molar-refractivity contribution in [3.8, 4) is 11.5 Å². The van der Waals surface area contributed by atoms with Crippen LogP contribution in [0.3, 0.4) is 0 Å². The third kappa shape index (κ3) is 5.93. The number of amides is 2. The highest BCUT2D eigenvalue weighted by Gasteiger charge is 2.66. The van der Waals surface area contributed by atoms with Gasteiger partial charge in [-0.05, 0) is 30.7 Å². The van der Waals surface area contributed by atoms with Gasteiger partial charge in [0.2, 0.25) is 11.8 Å². The summed E-state index contributed by atoms with van der Waals surface area (Å²) in [4.78, 5) is 74.4. The first kappa shape index (κ1) is 28.6. The summed E-state index contributed by atoms with van der Waals surface area (Å²) in [5.41, 5.74) is 0.719. The predicted octanol–water partition coefficient (Wildman–Crippen LogP) is 1.55. The van der Waals surface area contributed by atoms with Crippen LogP contribution in [0.1, 0.15) is 36.7 Å². The van der Waals surface area contributed by atoms with Crippen LogP contribution in [0.4, 0.5) is 0 Å². The zero-order valence-electron chi connectivity index (χ0n) is 21.7. The van der Waals surface area contributed by atoms with Gasteiger partial charge in [-0.1, -0.05) is 30.3 Å². The fraction of sp³-hybridized carbons (Fsp3) is 0.333. The monoisotopic (exact) mass is 570 g/mol. The lowest BCUT2D eigenvalue weighted by Crippen LogP contribution is -2.71. The summed E-state index contributed by atoms with van der Waals surface area (Å²) < 4.78 is 14.2. The second-order valence-corrected chi connectivity index (χ2v) is 11.1. The Kier molecular flexibility index (Phi) is 8.14. The number of carbonyl (C=O) groups excluding carboxylic acids is 5. The summed E-state index contributed by atoms with van der Waals surface area (Å²) in [6.45, 7) is 3.47. The maximum Gasteiger partial charge on any atom is 0.338 e. The largest absolute Gasteiger partial charge is 0.480 e. The van der Waals surface area contributed by atoms with Crippen molar-refractivity contribution in [2.75, 3.05) is 6.61 Å². The molecule has 0 aromatic heterocycles. The van der Waals surface area contributed by atoms with E-state index in [4.69, 9.17) is 14.2 Å². The Morgan fingerprint density at radius 1 is 1.00 bits per heavy atom. The van der Waals surface area contributed by atoms with Gasteiger partial charge in [0.1, 0.15) is 24.1 Å². The van der Waals surface area contributed by atoms with Crippen molar-refractivity contribution in [1.29, 1.82) is 0 Å². The van der Waals surface area contributed by atoms with Crippen LogP contribution in [-0.2, 0) is 35.1 Å². The fourth-order valence-corrected chi connectivity index (χ4v) is 6.23. The number of β-lactam (4-membered cyclic amide) rings is 1. The Labute approximate surface area is 232 Å². The van der Waals surface area contributed by atoms with Gasteiger partial charge in [0, 0.05) is 13.8 Å². The summed E-state index contributed by atoms with van der Waals surface area (Å²) in [5.74, 6) is -4.68. The van der Waals surface area contributed by atoms with Crippen LogP contribution >= 0.6 is 11.8 Å². The number of aliphatic carboxylic acids is 1. The molecule has 2 N–H and O–H groups in total. The van der Waals surface area contributed by atoms with Gasteiger partial charge in [-0.3, -0.25) is 19.2 Å². The molecule has 2 fully saturated rings. The normalized spacial score (nSPS) is 22.9. The number of thioether (sulfide) groups is 1. The average molecular weight is 571 g/mol. The van der Waals surface area contributed by atoms with E-state index in [9.17, 15) is 33.9 Å². The number of benzene rings is 2. The number of nitrogens with zero attached hydrogens (tertiary/aromatic N) is 1. The predicted molar refractivity (Wildman–Crippen MR) is 139 cm³/mol. The third-order valence-corrected chi connectivity index (χ3v) is 7.88. The molecule has 40 heavy (non-hydrogen) atoms. The van der Waals surface area contributed by atoms with Gasteiger partial charge in [-0.2, -0.15) is 0 Å². The van der Waals surface area contributed by atoms with Gasteiger partial charge in [0.25, 0.3) is 0 Å². The van der Waals surface area contributed by atoms with Crippen molar-refractivity contribution in [3.05, 3.63) is 59.7 Å². The van der Waals surface area contributed by atoms with Crippen LogP contribution in [0.5, 0.6) is 11.5 Å². The topological polar surface area (TPSA) is 166 Å². The molecule has 0 aliphatic carbocycles. The molecule has 12 nitrogen and oxygen atoms in total. The fourth-order valence-electron chi connectivity index (χ4n) is 4.55. The SMILES string of the molecule is CC(=O)Oc1ccc(C(=O)OCC2(C)SC3C(NC(=O)Cc4ccccc4)C(=O)N3[C@H]2C(=O)O)cc1OC(C)=O. The number of nitrogens with one attached hydrogen (secondary N) is 1. The van der Waals surface area contributed by atoms with E-state index in [0.717, 1.165) is 37.2 Å². The molecule has 2 aliphatic rings. The quantitative estimate of drug-likeness (QED) is 0.255. The molecule has 4 rings (SSSR count). The summed E-state index contributed by atoms with van der Waals surface area (Å²) >= 11 is 1.12. The minimum absolute atomic E-state index is 0.0453. The lowest BCUT2D eigenvalue weighted by molar-refractivity contribution is -0.161. The summed E-state index contributed by atoms with van der Waals surface area (Å²) in [5, 5.41) is 12.0. The van der Waals surface area contributed by atoms with E-state index < -0.39 is 52.0 Å². The van der Waals surface area contributed by atoms with Crippen LogP contribution in [0.2, 0.25) is 0 Å². The van der Waals surface area contributed by atoms with Gasteiger partial charge < -0.3 is 29.5 Å². The number of hydrogen-bond acceptors (Lipinski definition) is 10. The zero-order chi connectivity index (χ0) is 29.2. The standard InChI is InChI=1S/C27H26N2O10S/c1-14(30)38-18-10-9-17(12-19(18)39-15(2)31)26(36)37-13-27(3)22(25(34)35)29-23(33)21(24(29)40-27)28-20(32)11-16-7-5-4-6-8-16/h4-10,12,21-22,24H,11,13H2,1-3H3,(H,28,32)(H,34,35)/t21?,22-,24?,27?/m0/s1. The molecule has 2 saturated heterocycles. The minimum atomic E-state index is -1.31. The molecule has 0 spiro atoms. The van der Waals surface area contributed by atoms with Crippen LogP contribution < -0.4 is 14.8 Å². The van der Waals surface area contributed by atoms with Crippen molar-refractivity contribution >= 4 is 47.5 Å². The lowest BCUT2D eigenvalue weighted by Gasteiger charge is -2.43. The molecular formula is C27H26N2O10S. The van der Waals surface area contributed by atoms with Gasteiger partial charge in [-0.15, -0.1) is 11.8 Å². The van der Waals surface area contributed by atoms with Crippen molar-refractivity contribution in [1.82, 2.24) is 10.2 Å². The molecule has 13 heteroatoms. The smallest absolute Gasteiger partial charge is 0.338 e. The Hall–Kier alpha value is -4.39. The average Bonchev–Trinajstić information content (AvgIpc) is 3.17. The molecular weight excluding hydrogens is 544 g/mol. The Morgan fingerprint density at radius 3 is 2.27 bits per heavy atom. The maximum atomic E-state index is 12.9. The zero-order valence-corrected chi connectivity index (χ0v) is 22.6. The van der Waals surface area contributed by atoms with Crippen molar-refractivity contribution < 1.29 is 48.1 Å². The molecule has 0 bridgehead atoms. The number of carboxylic acids is 1. The molecule has 0 saturated carbocycles. The highest BCUT2D eigenvalue weighted by atomic mass is 32.2. The Morgan fingerprint density at radius 2 is 1.65 bits per heavy atom. The first-order chi connectivity index (χ1) is 18.9. The van der Waals surface area contributed by atoms with Crippen molar-refractivity contribution in [2.45, 2.75) is 49.4 Å². The van der Waals surface area contributed by atoms with Crippen molar-refractivity contribution in [2.24, 2.45) is 0 Å². The van der Waals surface area contributed by atoms with Gasteiger partial charge >= 0.3 is 23.9 Å². The van der Waals surface area contributed by atoms with Crippen molar-refractivity contribution in [3.63, 3.8) is 0 Å².